The molecule has 132 valence electrons. The number of rotatable bonds is 2. The third kappa shape index (κ3) is 2.16. The molecule has 4 aromatic rings. The number of fused-ring (bicyclic) bond motifs is 5. The Labute approximate surface area is 146 Å². The van der Waals surface area contributed by atoms with Crippen LogP contribution in [0.4, 0.5) is 0 Å². The van der Waals surface area contributed by atoms with Crippen molar-refractivity contribution in [3.63, 3.8) is 0 Å². The smallest absolute Gasteiger partial charge is 0.351 e. The topological polar surface area (TPSA) is 102 Å². The van der Waals surface area contributed by atoms with Crippen LogP contribution in [0, 0.1) is 0 Å². The van der Waals surface area contributed by atoms with Gasteiger partial charge in [0.1, 0.15) is 18.7 Å². The standard InChI is InChI=1S/C18H16N4O4/c23-8-15-14(24)6-16(26-15)21-7-11-13-5-10-3-1-2-4-12(10)22(13)9-19-17(11)20-18(21)25/h1-5,7,9,14-16,23-24H,6,8H2/t14-,15+,16+/m0/s1. The summed E-state index contributed by atoms with van der Waals surface area (Å²) in [7, 11) is 0. The lowest BCUT2D eigenvalue weighted by Crippen LogP contribution is -2.27. The van der Waals surface area contributed by atoms with E-state index in [1.54, 1.807) is 12.5 Å². The predicted molar refractivity (Wildman–Crippen MR) is 93.9 cm³/mol. The predicted octanol–water partition coefficient (Wildman–Crippen LogP) is 0.838. The fourth-order valence-electron chi connectivity index (χ4n) is 3.62. The van der Waals surface area contributed by atoms with Crippen LogP contribution in [0.5, 0.6) is 0 Å². The molecule has 3 atom stereocenters. The highest BCUT2D eigenvalue weighted by Crippen LogP contribution is 2.29. The molecule has 26 heavy (non-hydrogen) atoms. The van der Waals surface area contributed by atoms with E-state index in [9.17, 15) is 15.0 Å². The molecular weight excluding hydrogens is 336 g/mol. The third-order valence-electron chi connectivity index (χ3n) is 4.95. The Morgan fingerprint density at radius 3 is 2.92 bits per heavy atom. The van der Waals surface area contributed by atoms with Crippen molar-refractivity contribution < 1.29 is 14.9 Å². The van der Waals surface area contributed by atoms with Crippen molar-refractivity contribution in [2.75, 3.05) is 6.61 Å². The van der Waals surface area contributed by atoms with Gasteiger partial charge in [0.05, 0.1) is 29.1 Å². The Balaban J connectivity index is 1.74. The lowest BCUT2D eigenvalue weighted by atomic mass is 10.2. The van der Waals surface area contributed by atoms with Gasteiger partial charge in [0, 0.05) is 18.0 Å². The number of ether oxygens (including phenoxy) is 1. The summed E-state index contributed by atoms with van der Waals surface area (Å²) >= 11 is 0. The Kier molecular flexibility index (Phi) is 3.33. The second-order valence-electron chi connectivity index (χ2n) is 6.49. The van der Waals surface area contributed by atoms with Crippen molar-refractivity contribution in [1.82, 2.24) is 18.9 Å². The first-order valence-electron chi connectivity index (χ1n) is 8.38. The molecule has 1 fully saturated rings. The molecule has 1 aliphatic rings. The molecule has 4 heterocycles. The van der Waals surface area contributed by atoms with Crippen LogP contribution in [-0.4, -0.2) is 48.0 Å². The van der Waals surface area contributed by atoms with E-state index >= 15 is 0 Å². The number of aromatic nitrogens is 4. The van der Waals surface area contributed by atoms with Crippen molar-refractivity contribution in [2.45, 2.75) is 24.9 Å². The van der Waals surface area contributed by atoms with Gasteiger partial charge in [-0.3, -0.25) is 8.97 Å². The highest BCUT2D eigenvalue weighted by Gasteiger charge is 2.35. The fraction of sp³-hybridized carbons (Fsp3) is 0.278. The minimum atomic E-state index is -0.822. The lowest BCUT2D eigenvalue weighted by Gasteiger charge is -2.15. The number of hydrogen-bond donors (Lipinski definition) is 2. The summed E-state index contributed by atoms with van der Waals surface area (Å²) in [5, 5.41) is 21.0. The Hall–Kier alpha value is -2.81. The minimum absolute atomic E-state index is 0.220. The van der Waals surface area contributed by atoms with Crippen molar-refractivity contribution in [1.29, 1.82) is 0 Å². The molecule has 0 amide bonds. The maximum absolute atomic E-state index is 12.4. The van der Waals surface area contributed by atoms with Gasteiger partial charge in [-0.1, -0.05) is 18.2 Å². The van der Waals surface area contributed by atoms with Gasteiger partial charge in [-0.25, -0.2) is 9.78 Å². The highest BCUT2D eigenvalue weighted by molar-refractivity contribution is 5.98. The van der Waals surface area contributed by atoms with E-state index in [1.165, 1.54) is 4.57 Å². The number of aliphatic hydroxyl groups is 2. The van der Waals surface area contributed by atoms with E-state index in [2.05, 4.69) is 9.97 Å². The van der Waals surface area contributed by atoms with E-state index in [1.807, 2.05) is 34.7 Å². The van der Waals surface area contributed by atoms with Crippen molar-refractivity contribution >= 4 is 27.5 Å². The summed E-state index contributed by atoms with van der Waals surface area (Å²) in [6.45, 7) is -0.302. The maximum atomic E-state index is 12.4. The van der Waals surface area contributed by atoms with Gasteiger partial charge in [-0.2, -0.15) is 4.98 Å². The maximum Gasteiger partial charge on any atom is 0.351 e. The van der Waals surface area contributed by atoms with Crippen LogP contribution in [-0.2, 0) is 4.74 Å². The van der Waals surface area contributed by atoms with Crippen molar-refractivity contribution in [3.8, 4) is 0 Å². The summed E-state index contributed by atoms with van der Waals surface area (Å²) in [6, 6.07) is 9.97. The average molecular weight is 352 g/mol. The fourth-order valence-corrected chi connectivity index (χ4v) is 3.62. The van der Waals surface area contributed by atoms with Gasteiger partial charge < -0.3 is 14.9 Å². The van der Waals surface area contributed by atoms with E-state index in [0.29, 0.717) is 11.0 Å². The zero-order chi connectivity index (χ0) is 17.8. The summed E-state index contributed by atoms with van der Waals surface area (Å²) in [6.07, 6.45) is 1.36. The molecule has 2 N–H and O–H groups in total. The van der Waals surface area contributed by atoms with Crippen LogP contribution < -0.4 is 5.69 Å². The molecule has 8 heteroatoms. The highest BCUT2D eigenvalue weighted by atomic mass is 16.5. The minimum Gasteiger partial charge on any atom is -0.394 e. The van der Waals surface area contributed by atoms with Gasteiger partial charge >= 0.3 is 5.69 Å². The van der Waals surface area contributed by atoms with Crippen molar-refractivity contribution in [2.24, 2.45) is 0 Å². The number of nitrogens with zero attached hydrogens (tertiary/aromatic N) is 4. The molecule has 8 nitrogen and oxygen atoms in total. The van der Waals surface area contributed by atoms with Gasteiger partial charge in [0.2, 0.25) is 0 Å². The monoisotopic (exact) mass is 352 g/mol. The first-order valence-corrected chi connectivity index (χ1v) is 8.38. The molecular formula is C18H16N4O4. The summed E-state index contributed by atoms with van der Waals surface area (Å²) < 4.78 is 8.92. The molecule has 0 spiro atoms. The number of para-hydroxylation sites is 1. The van der Waals surface area contributed by atoms with Crippen LogP contribution in [0.3, 0.4) is 0 Å². The molecule has 0 bridgehead atoms. The Morgan fingerprint density at radius 1 is 1.27 bits per heavy atom. The van der Waals surface area contributed by atoms with Gasteiger partial charge in [-0.05, 0) is 12.1 Å². The average Bonchev–Trinajstić information content (AvgIpc) is 3.21. The molecule has 3 aromatic heterocycles. The summed E-state index contributed by atoms with van der Waals surface area (Å²) in [5.74, 6) is 0. The summed E-state index contributed by atoms with van der Waals surface area (Å²) in [5.41, 5.74) is 1.76. The molecule has 1 aromatic carbocycles. The van der Waals surface area contributed by atoms with E-state index in [4.69, 9.17) is 4.74 Å². The SMILES string of the molecule is O=c1nc2ncn3c4ccccc4cc3c2cn1[C@H]1C[C@H](O)[C@@H](CO)O1. The Bertz CT molecular complexity index is 1200. The van der Waals surface area contributed by atoms with Crippen LogP contribution >= 0.6 is 0 Å². The number of hydrogen-bond acceptors (Lipinski definition) is 6. The molecule has 5 rings (SSSR count). The molecule has 1 saturated heterocycles. The zero-order valence-corrected chi connectivity index (χ0v) is 13.7. The first-order chi connectivity index (χ1) is 12.7. The normalized spacial score (nSPS) is 23.4. The number of benzene rings is 1. The molecule has 0 unspecified atom stereocenters. The van der Waals surface area contributed by atoms with E-state index < -0.39 is 24.1 Å². The first kappa shape index (κ1) is 15.4. The van der Waals surface area contributed by atoms with Crippen LogP contribution in [0.15, 0.2) is 47.7 Å². The van der Waals surface area contributed by atoms with Crippen LogP contribution in [0.25, 0.3) is 27.5 Å². The second-order valence-corrected chi connectivity index (χ2v) is 6.49. The summed E-state index contributed by atoms with van der Waals surface area (Å²) in [4.78, 5) is 20.8. The van der Waals surface area contributed by atoms with Gasteiger partial charge in [0.15, 0.2) is 5.65 Å². The van der Waals surface area contributed by atoms with Gasteiger partial charge in [-0.15, -0.1) is 0 Å². The second kappa shape index (κ2) is 5.60. The number of aliphatic hydroxyl groups excluding tert-OH is 2. The largest absolute Gasteiger partial charge is 0.394 e. The van der Waals surface area contributed by atoms with Crippen LogP contribution in [0.1, 0.15) is 12.6 Å². The third-order valence-corrected chi connectivity index (χ3v) is 4.95. The molecule has 0 radical (unpaired) electrons. The molecule has 1 aliphatic heterocycles. The quantitative estimate of drug-likeness (QED) is 0.554. The van der Waals surface area contributed by atoms with E-state index in [-0.39, 0.29) is 13.0 Å². The molecule has 0 aliphatic carbocycles. The molecule has 0 saturated carbocycles. The lowest BCUT2D eigenvalue weighted by molar-refractivity contribution is -0.0457. The zero-order valence-electron chi connectivity index (χ0n) is 13.7. The van der Waals surface area contributed by atoms with Crippen LogP contribution in [0.2, 0.25) is 0 Å². The van der Waals surface area contributed by atoms with Gasteiger partial charge in [0.25, 0.3) is 0 Å². The van der Waals surface area contributed by atoms with E-state index in [0.717, 1.165) is 16.4 Å². The van der Waals surface area contributed by atoms with Crippen molar-refractivity contribution in [3.05, 3.63) is 53.3 Å². The Morgan fingerprint density at radius 2 is 2.12 bits per heavy atom.